The minimum absolute atomic E-state index is 0.0666. The zero-order valence-electron chi connectivity index (χ0n) is 16.0. The lowest BCUT2D eigenvalue weighted by atomic mass is 10.0. The quantitative estimate of drug-likeness (QED) is 0.574. The number of carbonyl (C=O) groups is 1. The smallest absolute Gasteiger partial charge is 0.387 e. The standard InChI is InChI=1S/C21H20F2N2O3/c1-12-7-13(2)19(14(3)8-12)25-20(26)16(11-24)9-15-5-6-17(28-21(22)23)18(10-15)27-4/h5-10,21H,1-4H3,(H,25,26). The van der Waals surface area contributed by atoms with Crippen LogP contribution in [0, 0.1) is 32.1 Å². The molecule has 28 heavy (non-hydrogen) atoms. The molecular formula is C21H20F2N2O3. The molecule has 0 atom stereocenters. The van der Waals surface area contributed by atoms with Crippen LogP contribution in [0.4, 0.5) is 14.5 Å². The zero-order valence-corrected chi connectivity index (χ0v) is 16.0. The number of halogens is 2. The van der Waals surface area contributed by atoms with Crippen LogP contribution in [0.3, 0.4) is 0 Å². The average molecular weight is 386 g/mol. The van der Waals surface area contributed by atoms with E-state index in [1.807, 2.05) is 39.0 Å². The number of nitrogens with one attached hydrogen (secondary N) is 1. The third-order valence-electron chi connectivity index (χ3n) is 4.00. The number of carbonyl (C=O) groups excluding carboxylic acids is 1. The molecule has 0 unspecified atom stereocenters. The van der Waals surface area contributed by atoms with E-state index in [-0.39, 0.29) is 17.1 Å². The van der Waals surface area contributed by atoms with E-state index < -0.39 is 12.5 Å². The van der Waals surface area contributed by atoms with E-state index >= 15 is 0 Å². The lowest BCUT2D eigenvalue weighted by Crippen LogP contribution is -2.15. The van der Waals surface area contributed by atoms with Gasteiger partial charge in [-0.1, -0.05) is 23.8 Å². The largest absolute Gasteiger partial charge is 0.493 e. The van der Waals surface area contributed by atoms with Crippen molar-refractivity contribution in [3.8, 4) is 17.6 Å². The van der Waals surface area contributed by atoms with Crippen LogP contribution >= 0.6 is 0 Å². The minimum atomic E-state index is -2.99. The van der Waals surface area contributed by atoms with Crippen LogP contribution < -0.4 is 14.8 Å². The van der Waals surface area contributed by atoms with Crippen molar-refractivity contribution in [1.82, 2.24) is 0 Å². The third-order valence-corrected chi connectivity index (χ3v) is 4.00. The maximum Gasteiger partial charge on any atom is 0.387 e. The van der Waals surface area contributed by atoms with Crippen LogP contribution in [0.1, 0.15) is 22.3 Å². The second kappa shape index (κ2) is 9.00. The van der Waals surface area contributed by atoms with Crippen molar-refractivity contribution in [3.05, 3.63) is 58.2 Å². The third kappa shape index (κ3) is 5.07. The second-order valence-corrected chi connectivity index (χ2v) is 6.19. The molecule has 2 aromatic rings. The summed E-state index contributed by atoms with van der Waals surface area (Å²) >= 11 is 0. The minimum Gasteiger partial charge on any atom is -0.493 e. The molecule has 0 aliphatic rings. The fraction of sp³-hybridized carbons (Fsp3) is 0.238. The topological polar surface area (TPSA) is 71.3 Å². The number of nitrogens with zero attached hydrogens (tertiary/aromatic N) is 1. The Bertz CT molecular complexity index is 940. The fourth-order valence-corrected chi connectivity index (χ4v) is 2.84. The summed E-state index contributed by atoms with van der Waals surface area (Å²) in [4.78, 5) is 12.5. The molecule has 0 bridgehead atoms. The first-order valence-corrected chi connectivity index (χ1v) is 8.39. The predicted molar refractivity (Wildman–Crippen MR) is 102 cm³/mol. The Balaban J connectivity index is 2.31. The first-order valence-electron chi connectivity index (χ1n) is 8.39. The number of methoxy groups -OCH3 is 1. The maximum atomic E-state index is 12.5. The molecule has 0 aromatic heterocycles. The van der Waals surface area contributed by atoms with Gasteiger partial charge in [-0.2, -0.15) is 14.0 Å². The summed E-state index contributed by atoms with van der Waals surface area (Å²) in [6.45, 7) is 2.72. The Morgan fingerprint density at radius 1 is 1.14 bits per heavy atom. The predicted octanol–water partition coefficient (Wildman–Crippen LogP) is 4.77. The molecule has 0 heterocycles. The van der Waals surface area contributed by atoms with Crippen LogP contribution in [0.15, 0.2) is 35.9 Å². The van der Waals surface area contributed by atoms with Gasteiger partial charge in [-0.15, -0.1) is 0 Å². The number of anilines is 1. The fourth-order valence-electron chi connectivity index (χ4n) is 2.84. The summed E-state index contributed by atoms with van der Waals surface area (Å²) < 4.78 is 34.2. The summed E-state index contributed by atoms with van der Waals surface area (Å²) in [6, 6.07) is 9.88. The number of hydrogen-bond donors (Lipinski definition) is 1. The summed E-state index contributed by atoms with van der Waals surface area (Å²) in [5, 5.41) is 12.1. The van der Waals surface area contributed by atoms with Gasteiger partial charge in [0.15, 0.2) is 11.5 Å². The van der Waals surface area contributed by atoms with Crippen LogP contribution in [0.25, 0.3) is 6.08 Å². The zero-order chi connectivity index (χ0) is 20.8. The van der Waals surface area contributed by atoms with Gasteiger partial charge >= 0.3 is 6.61 Å². The van der Waals surface area contributed by atoms with E-state index in [4.69, 9.17) is 4.74 Å². The molecule has 0 fully saturated rings. The second-order valence-electron chi connectivity index (χ2n) is 6.19. The van der Waals surface area contributed by atoms with E-state index in [9.17, 15) is 18.8 Å². The number of hydrogen-bond acceptors (Lipinski definition) is 4. The van der Waals surface area contributed by atoms with E-state index in [1.165, 1.54) is 31.4 Å². The molecule has 7 heteroatoms. The monoisotopic (exact) mass is 386 g/mol. The van der Waals surface area contributed by atoms with Crippen molar-refractivity contribution in [3.63, 3.8) is 0 Å². The van der Waals surface area contributed by atoms with Gasteiger partial charge in [-0.25, -0.2) is 0 Å². The van der Waals surface area contributed by atoms with E-state index in [2.05, 4.69) is 10.1 Å². The number of nitriles is 1. The normalized spacial score (nSPS) is 11.1. The molecule has 2 rings (SSSR count). The lowest BCUT2D eigenvalue weighted by molar-refractivity contribution is -0.112. The van der Waals surface area contributed by atoms with Gasteiger partial charge in [0.25, 0.3) is 5.91 Å². The van der Waals surface area contributed by atoms with Crippen LogP contribution in [-0.2, 0) is 4.79 Å². The number of rotatable bonds is 6. The van der Waals surface area contributed by atoms with Crippen molar-refractivity contribution >= 4 is 17.7 Å². The summed E-state index contributed by atoms with van der Waals surface area (Å²) in [5.41, 5.74) is 3.79. The number of amides is 1. The molecule has 0 saturated heterocycles. The van der Waals surface area contributed by atoms with Gasteiger partial charge in [0.05, 0.1) is 7.11 Å². The highest BCUT2D eigenvalue weighted by molar-refractivity contribution is 6.10. The molecule has 2 aromatic carbocycles. The van der Waals surface area contributed by atoms with Crippen LogP contribution in [-0.4, -0.2) is 19.6 Å². The molecule has 0 saturated carbocycles. The van der Waals surface area contributed by atoms with Crippen molar-refractivity contribution in [2.24, 2.45) is 0 Å². The Labute approximate surface area is 162 Å². The van der Waals surface area contributed by atoms with Crippen molar-refractivity contribution < 1.29 is 23.0 Å². The Kier molecular flexibility index (Phi) is 6.72. The summed E-state index contributed by atoms with van der Waals surface area (Å²) in [5.74, 6) is -0.634. The Morgan fingerprint density at radius 3 is 2.32 bits per heavy atom. The first kappa shape index (κ1) is 20.9. The number of alkyl halides is 2. The van der Waals surface area contributed by atoms with Gasteiger partial charge < -0.3 is 14.8 Å². The van der Waals surface area contributed by atoms with Crippen molar-refractivity contribution in [2.45, 2.75) is 27.4 Å². The molecule has 146 valence electrons. The molecule has 1 N–H and O–H groups in total. The van der Waals surface area contributed by atoms with E-state index in [1.54, 1.807) is 0 Å². The Morgan fingerprint density at radius 2 is 1.79 bits per heavy atom. The highest BCUT2D eigenvalue weighted by atomic mass is 19.3. The molecule has 5 nitrogen and oxygen atoms in total. The first-order chi connectivity index (χ1) is 13.2. The van der Waals surface area contributed by atoms with Gasteiger partial charge in [-0.3, -0.25) is 4.79 Å². The van der Waals surface area contributed by atoms with Gasteiger partial charge in [0.1, 0.15) is 11.6 Å². The highest BCUT2D eigenvalue weighted by Gasteiger charge is 2.15. The molecule has 0 aliphatic heterocycles. The number of benzene rings is 2. The summed E-state index contributed by atoms with van der Waals surface area (Å²) in [6.07, 6.45) is 1.35. The Hall–Kier alpha value is -3.40. The molecule has 0 spiro atoms. The highest BCUT2D eigenvalue weighted by Crippen LogP contribution is 2.30. The molecule has 0 aliphatic carbocycles. The maximum absolute atomic E-state index is 12.5. The van der Waals surface area contributed by atoms with E-state index in [0.717, 1.165) is 16.7 Å². The van der Waals surface area contributed by atoms with Crippen LogP contribution in [0.2, 0.25) is 0 Å². The average Bonchev–Trinajstić information content (AvgIpc) is 2.63. The molecule has 0 radical (unpaired) electrons. The van der Waals surface area contributed by atoms with Gasteiger partial charge in [0.2, 0.25) is 0 Å². The van der Waals surface area contributed by atoms with Crippen LogP contribution in [0.5, 0.6) is 11.5 Å². The van der Waals surface area contributed by atoms with Gasteiger partial charge in [0, 0.05) is 5.69 Å². The van der Waals surface area contributed by atoms with Crippen molar-refractivity contribution in [2.75, 3.05) is 12.4 Å². The number of aryl methyl sites for hydroxylation is 3. The lowest BCUT2D eigenvalue weighted by Gasteiger charge is -2.13. The molecule has 1 amide bonds. The van der Waals surface area contributed by atoms with Gasteiger partial charge in [-0.05, 0) is 55.7 Å². The van der Waals surface area contributed by atoms with Crippen molar-refractivity contribution in [1.29, 1.82) is 5.26 Å². The summed E-state index contributed by atoms with van der Waals surface area (Å²) in [7, 11) is 1.31. The SMILES string of the molecule is COc1cc(C=C(C#N)C(=O)Nc2c(C)cc(C)cc2C)ccc1OC(F)F. The molecular weight excluding hydrogens is 366 g/mol. The number of ether oxygens (including phenoxy) is 2. The van der Waals surface area contributed by atoms with E-state index in [0.29, 0.717) is 11.3 Å².